The van der Waals surface area contributed by atoms with Crippen molar-refractivity contribution >= 4 is 17.9 Å². The van der Waals surface area contributed by atoms with Crippen LogP contribution in [0.4, 0.5) is 4.79 Å². The minimum absolute atomic E-state index is 0.165. The minimum atomic E-state index is -0.397. The van der Waals surface area contributed by atoms with Crippen molar-refractivity contribution in [3.63, 3.8) is 0 Å². The first-order valence-electron chi connectivity index (χ1n) is 6.28. The van der Waals surface area contributed by atoms with Crippen LogP contribution in [-0.4, -0.2) is 53.3 Å². The maximum absolute atomic E-state index is 12.0. The standard InChI is InChI=1S/C12H22N2O2S/c1-12(2,3)16-11(15)14-6-4-9-10(8-14)17-7-5-13-9/h9-10,13H,4-8H2,1-3H3/t9-,10+/m1/s1. The van der Waals surface area contributed by atoms with E-state index in [-0.39, 0.29) is 6.09 Å². The lowest BCUT2D eigenvalue weighted by Crippen LogP contribution is -2.56. The highest BCUT2D eigenvalue weighted by molar-refractivity contribution is 8.00. The molecule has 0 bridgehead atoms. The Kier molecular flexibility index (Phi) is 3.88. The molecule has 0 aromatic carbocycles. The first-order chi connectivity index (χ1) is 7.96. The van der Waals surface area contributed by atoms with Gasteiger partial charge in [0.1, 0.15) is 5.60 Å². The van der Waals surface area contributed by atoms with Gasteiger partial charge in [-0.2, -0.15) is 11.8 Å². The molecule has 0 unspecified atom stereocenters. The van der Waals surface area contributed by atoms with Gasteiger partial charge in [-0.15, -0.1) is 0 Å². The summed E-state index contributed by atoms with van der Waals surface area (Å²) in [5.41, 5.74) is -0.397. The Labute approximate surface area is 107 Å². The molecular formula is C12H22N2O2S. The molecule has 98 valence electrons. The molecule has 2 rings (SSSR count). The van der Waals surface area contributed by atoms with E-state index in [0.29, 0.717) is 11.3 Å². The number of amides is 1. The number of carbonyl (C=O) groups is 1. The highest BCUT2D eigenvalue weighted by Gasteiger charge is 2.34. The van der Waals surface area contributed by atoms with Crippen molar-refractivity contribution in [3.8, 4) is 0 Å². The first kappa shape index (κ1) is 13.0. The fourth-order valence-electron chi connectivity index (χ4n) is 2.27. The lowest BCUT2D eigenvalue weighted by Gasteiger charge is -2.41. The minimum Gasteiger partial charge on any atom is -0.444 e. The summed E-state index contributed by atoms with van der Waals surface area (Å²) in [7, 11) is 0. The number of likely N-dealkylation sites (tertiary alicyclic amines) is 1. The molecule has 5 heteroatoms. The van der Waals surface area contributed by atoms with Crippen molar-refractivity contribution in [3.05, 3.63) is 0 Å². The largest absolute Gasteiger partial charge is 0.444 e. The van der Waals surface area contributed by atoms with Gasteiger partial charge in [0, 0.05) is 36.7 Å². The lowest BCUT2D eigenvalue weighted by atomic mass is 10.0. The molecule has 1 N–H and O–H groups in total. The molecule has 0 aliphatic carbocycles. The van der Waals surface area contributed by atoms with Crippen LogP contribution in [-0.2, 0) is 4.74 Å². The van der Waals surface area contributed by atoms with Crippen molar-refractivity contribution in [2.24, 2.45) is 0 Å². The van der Waals surface area contributed by atoms with Crippen LogP contribution >= 0.6 is 11.8 Å². The van der Waals surface area contributed by atoms with Gasteiger partial charge in [-0.1, -0.05) is 0 Å². The SMILES string of the molecule is CC(C)(C)OC(=O)N1CC[C@H]2NCCS[C@H]2C1. The average molecular weight is 258 g/mol. The summed E-state index contributed by atoms with van der Waals surface area (Å²) in [6.45, 7) is 8.46. The summed E-state index contributed by atoms with van der Waals surface area (Å²) in [4.78, 5) is 13.8. The zero-order valence-corrected chi connectivity index (χ0v) is 11.7. The third kappa shape index (κ3) is 3.52. The van der Waals surface area contributed by atoms with E-state index in [1.165, 1.54) is 0 Å². The van der Waals surface area contributed by atoms with Gasteiger partial charge in [0.25, 0.3) is 0 Å². The number of ether oxygens (including phenoxy) is 1. The number of hydrogen-bond acceptors (Lipinski definition) is 4. The molecule has 2 fully saturated rings. The van der Waals surface area contributed by atoms with Crippen LogP contribution in [0.2, 0.25) is 0 Å². The van der Waals surface area contributed by atoms with Gasteiger partial charge in [-0.3, -0.25) is 0 Å². The fourth-order valence-corrected chi connectivity index (χ4v) is 3.55. The molecule has 4 nitrogen and oxygen atoms in total. The van der Waals surface area contributed by atoms with Gasteiger partial charge in [0.05, 0.1) is 0 Å². The Morgan fingerprint density at radius 2 is 2.24 bits per heavy atom. The zero-order chi connectivity index (χ0) is 12.5. The molecule has 1 amide bonds. The molecular weight excluding hydrogens is 236 g/mol. The number of nitrogens with zero attached hydrogens (tertiary/aromatic N) is 1. The second-order valence-electron chi connectivity index (χ2n) is 5.68. The number of fused-ring (bicyclic) bond motifs is 1. The number of piperidine rings is 1. The number of thioether (sulfide) groups is 1. The van der Waals surface area contributed by atoms with E-state index >= 15 is 0 Å². The highest BCUT2D eigenvalue weighted by Crippen LogP contribution is 2.26. The summed E-state index contributed by atoms with van der Waals surface area (Å²) in [5, 5.41) is 4.06. The maximum Gasteiger partial charge on any atom is 0.410 e. The second kappa shape index (κ2) is 5.06. The van der Waals surface area contributed by atoms with Crippen molar-refractivity contribution in [1.82, 2.24) is 10.2 Å². The van der Waals surface area contributed by atoms with Crippen LogP contribution in [0.15, 0.2) is 0 Å². The predicted molar refractivity (Wildman–Crippen MR) is 70.5 cm³/mol. The van der Waals surface area contributed by atoms with Crippen molar-refractivity contribution in [2.45, 2.75) is 44.1 Å². The summed E-state index contributed by atoms with van der Waals surface area (Å²) in [6, 6.07) is 0.576. The number of rotatable bonds is 0. The molecule has 2 aliphatic heterocycles. The van der Waals surface area contributed by atoms with Gasteiger partial charge in [0.2, 0.25) is 0 Å². The molecule has 0 radical (unpaired) electrons. The van der Waals surface area contributed by atoms with Gasteiger partial charge in [-0.05, 0) is 27.2 Å². The smallest absolute Gasteiger partial charge is 0.410 e. The summed E-state index contributed by atoms with van der Waals surface area (Å²) in [6.07, 6.45) is 0.874. The first-order valence-corrected chi connectivity index (χ1v) is 7.33. The van der Waals surface area contributed by atoms with Crippen LogP contribution in [0, 0.1) is 0 Å². The van der Waals surface area contributed by atoms with E-state index < -0.39 is 5.60 Å². The van der Waals surface area contributed by atoms with E-state index in [4.69, 9.17) is 4.74 Å². The third-order valence-electron chi connectivity index (χ3n) is 3.05. The Morgan fingerprint density at radius 3 is 2.94 bits per heavy atom. The van der Waals surface area contributed by atoms with E-state index in [9.17, 15) is 4.79 Å². The molecule has 0 spiro atoms. The van der Waals surface area contributed by atoms with Gasteiger partial charge >= 0.3 is 6.09 Å². The number of nitrogens with one attached hydrogen (secondary N) is 1. The molecule has 2 heterocycles. The van der Waals surface area contributed by atoms with Crippen molar-refractivity contribution in [2.75, 3.05) is 25.4 Å². The maximum atomic E-state index is 12.0. The summed E-state index contributed by atoms with van der Waals surface area (Å²) >= 11 is 1.97. The van der Waals surface area contributed by atoms with E-state index in [1.807, 2.05) is 37.4 Å². The van der Waals surface area contributed by atoms with Crippen LogP contribution in [0.5, 0.6) is 0 Å². The topological polar surface area (TPSA) is 41.6 Å². The number of hydrogen-bond donors (Lipinski definition) is 1. The average Bonchev–Trinajstić information content (AvgIpc) is 2.26. The molecule has 2 atom stereocenters. The summed E-state index contributed by atoms with van der Waals surface area (Å²) in [5.74, 6) is 1.14. The van der Waals surface area contributed by atoms with E-state index in [0.717, 1.165) is 31.8 Å². The molecule has 17 heavy (non-hydrogen) atoms. The quantitative estimate of drug-likeness (QED) is 0.718. The van der Waals surface area contributed by atoms with Gasteiger partial charge in [-0.25, -0.2) is 4.79 Å². The van der Waals surface area contributed by atoms with Crippen molar-refractivity contribution in [1.29, 1.82) is 0 Å². The van der Waals surface area contributed by atoms with Gasteiger partial charge in [0.15, 0.2) is 0 Å². The summed E-state index contributed by atoms with van der Waals surface area (Å²) < 4.78 is 5.41. The second-order valence-corrected chi connectivity index (χ2v) is 7.03. The lowest BCUT2D eigenvalue weighted by molar-refractivity contribution is 0.0203. The molecule has 0 aromatic heterocycles. The van der Waals surface area contributed by atoms with Gasteiger partial charge < -0.3 is 15.0 Å². The van der Waals surface area contributed by atoms with Crippen LogP contribution in [0.3, 0.4) is 0 Å². The molecule has 2 saturated heterocycles. The monoisotopic (exact) mass is 258 g/mol. The fraction of sp³-hybridized carbons (Fsp3) is 0.917. The Hall–Kier alpha value is -0.420. The molecule has 2 aliphatic rings. The Morgan fingerprint density at radius 1 is 1.47 bits per heavy atom. The number of carbonyl (C=O) groups excluding carboxylic acids is 1. The zero-order valence-electron chi connectivity index (χ0n) is 10.9. The van der Waals surface area contributed by atoms with Crippen LogP contribution < -0.4 is 5.32 Å². The normalized spacial score (nSPS) is 29.7. The molecule has 0 saturated carbocycles. The molecule has 0 aromatic rings. The Bertz CT molecular complexity index is 291. The Balaban J connectivity index is 1.89. The highest BCUT2D eigenvalue weighted by atomic mass is 32.2. The predicted octanol–water partition coefficient (Wildman–Crippen LogP) is 1.70. The van der Waals surface area contributed by atoms with E-state index in [1.54, 1.807) is 0 Å². The third-order valence-corrected chi connectivity index (χ3v) is 4.40. The van der Waals surface area contributed by atoms with Crippen LogP contribution in [0.1, 0.15) is 27.2 Å². The van der Waals surface area contributed by atoms with Crippen molar-refractivity contribution < 1.29 is 9.53 Å². The van der Waals surface area contributed by atoms with E-state index in [2.05, 4.69) is 5.32 Å². The van der Waals surface area contributed by atoms with Crippen LogP contribution in [0.25, 0.3) is 0 Å².